The van der Waals surface area contributed by atoms with E-state index in [1.807, 2.05) is 12.1 Å². The van der Waals surface area contributed by atoms with Gasteiger partial charge in [-0.15, -0.1) is 0 Å². The summed E-state index contributed by atoms with van der Waals surface area (Å²) < 4.78 is 18.8. The molecule has 21 heavy (non-hydrogen) atoms. The average Bonchev–Trinajstić information content (AvgIpc) is 3.28. The van der Waals surface area contributed by atoms with E-state index in [0.717, 1.165) is 18.4 Å². The Morgan fingerprint density at radius 2 is 1.81 bits per heavy atom. The van der Waals surface area contributed by atoms with E-state index in [2.05, 4.69) is 0 Å². The molecule has 3 nitrogen and oxygen atoms in total. The molecule has 0 heterocycles. The van der Waals surface area contributed by atoms with Gasteiger partial charge in [-0.1, -0.05) is 30.3 Å². The molecular weight excluding hydrogens is 269 g/mol. The molecule has 0 bridgehead atoms. The lowest BCUT2D eigenvalue weighted by Gasteiger charge is -2.15. The summed E-state index contributed by atoms with van der Waals surface area (Å²) in [4.78, 5) is 12.3. The molecule has 0 atom stereocenters. The number of nitrogens with two attached hydrogens (primary N) is 1. The molecule has 0 unspecified atom stereocenters. The van der Waals surface area contributed by atoms with Gasteiger partial charge in [0.2, 0.25) is 0 Å². The topological polar surface area (TPSA) is 52.3 Å². The van der Waals surface area contributed by atoms with Crippen LogP contribution in [-0.2, 0) is 21.6 Å². The fourth-order valence-corrected chi connectivity index (χ4v) is 2.43. The molecule has 0 saturated heterocycles. The molecule has 2 N–H and O–H groups in total. The van der Waals surface area contributed by atoms with E-state index in [-0.39, 0.29) is 18.4 Å². The summed E-state index contributed by atoms with van der Waals surface area (Å²) in [6.45, 7) is -0.0395. The maximum absolute atomic E-state index is 13.5. The van der Waals surface area contributed by atoms with E-state index >= 15 is 0 Å². The lowest BCUT2D eigenvalue weighted by molar-refractivity contribution is -0.148. The van der Waals surface area contributed by atoms with Crippen LogP contribution in [-0.4, -0.2) is 5.97 Å². The average molecular weight is 285 g/mol. The van der Waals surface area contributed by atoms with Crippen LogP contribution >= 0.6 is 0 Å². The summed E-state index contributed by atoms with van der Waals surface area (Å²) in [6.07, 6.45) is 1.51. The molecule has 0 spiro atoms. The minimum atomic E-state index is -0.570. The van der Waals surface area contributed by atoms with Crippen molar-refractivity contribution in [1.29, 1.82) is 0 Å². The molecule has 2 aromatic carbocycles. The molecule has 4 heteroatoms. The Kier molecular flexibility index (Phi) is 3.37. The van der Waals surface area contributed by atoms with E-state index in [9.17, 15) is 9.18 Å². The predicted molar refractivity (Wildman–Crippen MR) is 78.0 cm³/mol. The minimum absolute atomic E-state index is 0.0395. The molecular formula is C17H16FNO2. The van der Waals surface area contributed by atoms with Gasteiger partial charge in [0, 0.05) is 11.3 Å². The number of hydrogen-bond donors (Lipinski definition) is 1. The minimum Gasteiger partial charge on any atom is -0.460 e. The Labute approximate surface area is 122 Å². The summed E-state index contributed by atoms with van der Waals surface area (Å²) in [5, 5.41) is 0. The van der Waals surface area contributed by atoms with Crippen molar-refractivity contribution in [3.63, 3.8) is 0 Å². The number of nitrogen functional groups attached to an aromatic ring is 1. The largest absolute Gasteiger partial charge is 0.460 e. The molecule has 1 aliphatic carbocycles. The van der Waals surface area contributed by atoms with Crippen LogP contribution in [0.5, 0.6) is 0 Å². The summed E-state index contributed by atoms with van der Waals surface area (Å²) >= 11 is 0. The van der Waals surface area contributed by atoms with Crippen molar-refractivity contribution in [2.24, 2.45) is 0 Å². The second-order valence-electron chi connectivity index (χ2n) is 5.37. The number of esters is 1. The van der Waals surface area contributed by atoms with E-state index in [4.69, 9.17) is 10.5 Å². The smallest absolute Gasteiger partial charge is 0.316 e. The first-order chi connectivity index (χ1) is 10.1. The third-order valence-corrected chi connectivity index (χ3v) is 3.92. The zero-order valence-corrected chi connectivity index (χ0v) is 11.5. The SMILES string of the molecule is Nc1ccc(C2(C(=O)OCc3ccccc3F)CC2)cc1. The number of halogens is 1. The Balaban J connectivity index is 1.71. The molecule has 0 aromatic heterocycles. The molecule has 1 saturated carbocycles. The van der Waals surface area contributed by atoms with Gasteiger partial charge in [0.15, 0.2) is 0 Å². The maximum atomic E-state index is 13.5. The molecule has 108 valence electrons. The first kappa shape index (κ1) is 13.6. The normalized spacial score (nSPS) is 15.5. The molecule has 2 aromatic rings. The van der Waals surface area contributed by atoms with Gasteiger partial charge in [-0.2, -0.15) is 0 Å². The van der Waals surface area contributed by atoms with Crippen molar-refractivity contribution in [2.45, 2.75) is 24.9 Å². The van der Waals surface area contributed by atoms with Crippen molar-refractivity contribution in [3.8, 4) is 0 Å². The molecule has 1 aliphatic rings. The van der Waals surface area contributed by atoms with Crippen LogP contribution in [0.15, 0.2) is 48.5 Å². The second-order valence-corrected chi connectivity index (χ2v) is 5.37. The van der Waals surface area contributed by atoms with Crippen LogP contribution in [0, 0.1) is 5.82 Å². The van der Waals surface area contributed by atoms with Gasteiger partial charge in [0.1, 0.15) is 12.4 Å². The lowest BCUT2D eigenvalue weighted by Crippen LogP contribution is -2.23. The Morgan fingerprint density at radius 1 is 1.14 bits per heavy atom. The van der Waals surface area contributed by atoms with Crippen LogP contribution < -0.4 is 5.73 Å². The highest BCUT2D eigenvalue weighted by Crippen LogP contribution is 2.49. The highest BCUT2D eigenvalue weighted by molar-refractivity contribution is 5.86. The third kappa shape index (κ3) is 2.61. The van der Waals surface area contributed by atoms with Crippen molar-refractivity contribution in [3.05, 3.63) is 65.5 Å². The number of benzene rings is 2. The van der Waals surface area contributed by atoms with E-state index in [1.54, 1.807) is 30.3 Å². The van der Waals surface area contributed by atoms with Gasteiger partial charge in [0.25, 0.3) is 0 Å². The van der Waals surface area contributed by atoms with Crippen molar-refractivity contribution in [2.75, 3.05) is 5.73 Å². The maximum Gasteiger partial charge on any atom is 0.316 e. The van der Waals surface area contributed by atoms with Crippen molar-refractivity contribution < 1.29 is 13.9 Å². The number of ether oxygens (including phenoxy) is 1. The zero-order chi connectivity index (χ0) is 14.9. The number of carbonyl (C=O) groups is 1. The number of hydrogen-bond acceptors (Lipinski definition) is 3. The van der Waals surface area contributed by atoms with Gasteiger partial charge in [-0.05, 0) is 36.6 Å². The lowest BCUT2D eigenvalue weighted by atomic mass is 9.96. The van der Waals surface area contributed by atoms with E-state index < -0.39 is 5.41 Å². The van der Waals surface area contributed by atoms with Gasteiger partial charge in [0.05, 0.1) is 5.41 Å². The third-order valence-electron chi connectivity index (χ3n) is 3.92. The van der Waals surface area contributed by atoms with Gasteiger partial charge in [-0.25, -0.2) is 4.39 Å². The predicted octanol–water partition coefficient (Wildman–Crippen LogP) is 3.18. The monoisotopic (exact) mass is 285 g/mol. The zero-order valence-electron chi connectivity index (χ0n) is 11.5. The van der Waals surface area contributed by atoms with E-state index in [1.165, 1.54) is 6.07 Å². The second kappa shape index (κ2) is 5.20. The Morgan fingerprint density at radius 3 is 2.43 bits per heavy atom. The molecule has 1 fully saturated rings. The summed E-state index contributed by atoms with van der Waals surface area (Å²) in [7, 11) is 0. The molecule has 0 amide bonds. The van der Waals surface area contributed by atoms with Gasteiger partial charge >= 0.3 is 5.97 Å². The molecule has 0 radical (unpaired) electrons. The summed E-state index contributed by atoms with van der Waals surface area (Å²) in [5.41, 5.74) is 7.05. The summed E-state index contributed by atoms with van der Waals surface area (Å²) in [6, 6.07) is 13.6. The number of carbonyl (C=O) groups excluding carboxylic acids is 1. The Bertz CT molecular complexity index is 663. The van der Waals surface area contributed by atoms with Crippen LogP contribution in [0.1, 0.15) is 24.0 Å². The Hall–Kier alpha value is -2.36. The van der Waals surface area contributed by atoms with E-state index in [0.29, 0.717) is 11.3 Å². The molecule has 3 rings (SSSR count). The number of rotatable bonds is 4. The fraction of sp³-hybridized carbons (Fsp3) is 0.235. The van der Waals surface area contributed by atoms with Crippen molar-refractivity contribution in [1.82, 2.24) is 0 Å². The van der Waals surface area contributed by atoms with Crippen LogP contribution in [0.4, 0.5) is 10.1 Å². The number of anilines is 1. The van der Waals surface area contributed by atoms with Gasteiger partial charge < -0.3 is 10.5 Å². The van der Waals surface area contributed by atoms with Crippen LogP contribution in [0.2, 0.25) is 0 Å². The highest BCUT2D eigenvalue weighted by Gasteiger charge is 2.52. The van der Waals surface area contributed by atoms with Crippen molar-refractivity contribution >= 4 is 11.7 Å². The fourth-order valence-electron chi connectivity index (χ4n) is 2.43. The standard InChI is InChI=1S/C17H16FNO2/c18-15-4-2-1-3-12(15)11-21-16(20)17(9-10-17)13-5-7-14(19)8-6-13/h1-8H,9-11,19H2. The quantitative estimate of drug-likeness (QED) is 0.693. The molecule has 0 aliphatic heterocycles. The highest BCUT2D eigenvalue weighted by atomic mass is 19.1. The summed E-state index contributed by atoms with van der Waals surface area (Å²) in [5.74, 6) is -0.654. The first-order valence-electron chi connectivity index (χ1n) is 6.88. The van der Waals surface area contributed by atoms with Gasteiger partial charge in [-0.3, -0.25) is 4.79 Å². The van der Waals surface area contributed by atoms with Crippen LogP contribution in [0.25, 0.3) is 0 Å². The van der Waals surface area contributed by atoms with Crippen LogP contribution in [0.3, 0.4) is 0 Å². The first-order valence-corrected chi connectivity index (χ1v) is 6.88.